The van der Waals surface area contributed by atoms with Crippen molar-refractivity contribution in [2.45, 2.75) is 19.8 Å². The number of carbonyl (C=O) groups excluding carboxylic acids is 1. The first-order chi connectivity index (χ1) is 9.70. The van der Waals surface area contributed by atoms with Crippen molar-refractivity contribution < 1.29 is 4.79 Å². The highest BCUT2D eigenvalue weighted by molar-refractivity contribution is 5.94. The summed E-state index contributed by atoms with van der Waals surface area (Å²) in [6.07, 6.45) is 3.26. The van der Waals surface area contributed by atoms with Gasteiger partial charge in [0.15, 0.2) is 5.78 Å². The molecule has 0 saturated carbocycles. The van der Waals surface area contributed by atoms with Crippen LogP contribution in [0.4, 0.5) is 5.69 Å². The van der Waals surface area contributed by atoms with E-state index in [1.807, 2.05) is 26.1 Å². The van der Waals surface area contributed by atoms with Crippen LogP contribution in [0.5, 0.6) is 0 Å². The lowest BCUT2D eigenvalue weighted by Gasteiger charge is -2.19. The maximum Gasteiger partial charge on any atom is 0.180 e. The number of rotatable bonds is 6. The van der Waals surface area contributed by atoms with Crippen molar-refractivity contribution in [1.29, 1.82) is 0 Å². The van der Waals surface area contributed by atoms with E-state index >= 15 is 0 Å². The fourth-order valence-corrected chi connectivity index (χ4v) is 2.03. The molecule has 104 valence electrons. The number of benzene rings is 1. The van der Waals surface area contributed by atoms with Crippen molar-refractivity contribution in [2.75, 3.05) is 18.5 Å². The van der Waals surface area contributed by atoms with E-state index in [1.54, 1.807) is 12.3 Å². The second-order valence-corrected chi connectivity index (χ2v) is 4.84. The number of Topliss-reactive ketones (excluding diaryl/α,β-unsaturated/α-hetero) is 1. The number of hydrogen-bond donors (Lipinski definition) is 0. The van der Waals surface area contributed by atoms with Gasteiger partial charge in [0.25, 0.3) is 0 Å². The summed E-state index contributed by atoms with van der Waals surface area (Å²) in [6, 6.07) is 14.2. The Hall–Kier alpha value is -2.16. The van der Waals surface area contributed by atoms with Crippen molar-refractivity contribution in [1.82, 2.24) is 4.98 Å². The lowest BCUT2D eigenvalue weighted by molar-refractivity contribution is 0.0983. The highest BCUT2D eigenvalue weighted by atomic mass is 16.1. The molecule has 1 heterocycles. The fourth-order valence-electron chi connectivity index (χ4n) is 2.03. The largest absolute Gasteiger partial charge is 0.373 e. The number of likely N-dealkylation sites (N-methyl/N-ethyl adjacent to an activating group) is 1. The van der Waals surface area contributed by atoms with Crippen molar-refractivity contribution in [2.24, 2.45) is 0 Å². The molecule has 20 heavy (non-hydrogen) atoms. The third-order valence-electron chi connectivity index (χ3n) is 3.37. The SMILES string of the molecule is CCC(=O)c1ccc(N(C)CCc2ccccc2)cn1. The van der Waals surface area contributed by atoms with Crippen molar-refractivity contribution in [3.63, 3.8) is 0 Å². The Morgan fingerprint density at radius 3 is 2.50 bits per heavy atom. The zero-order chi connectivity index (χ0) is 14.4. The van der Waals surface area contributed by atoms with E-state index in [4.69, 9.17) is 0 Å². The maximum atomic E-state index is 11.5. The molecular formula is C17H20N2O. The molecule has 1 aromatic heterocycles. The molecule has 0 aliphatic carbocycles. The zero-order valence-corrected chi connectivity index (χ0v) is 12.0. The number of pyridine rings is 1. The first kappa shape index (κ1) is 14.3. The van der Waals surface area contributed by atoms with Crippen molar-refractivity contribution in [3.05, 3.63) is 59.9 Å². The molecule has 0 aliphatic rings. The summed E-state index contributed by atoms with van der Waals surface area (Å²) >= 11 is 0. The van der Waals surface area contributed by atoms with Crippen LogP contribution >= 0.6 is 0 Å². The number of nitrogens with zero attached hydrogens (tertiary/aromatic N) is 2. The lowest BCUT2D eigenvalue weighted by atomic mass is 10.1. The number of anilines is 1. The van der Waals surface area contributed by atoms with Gasteiger partial charge in [-0.15, -0.1) is 0 Å². The van der Waals surface area contributed by atoms with Crippen LogP contribution in [0.25, 0.3) is 0 Å². The molecule has 3 heteroatoms. The van der Waals surface area contributed by atoms with Gasteiger partial charge in [-0.05, 0) is 24.1 Å². The minimum absolute atomic E-state index is 0.0866. The molecule has 0 N–H and O–H groups in total. The summed E-state index contributed by atoms with van der Waals surface area (Å²) in [5.74, 6) is 0.0866. The highest BCUT2D eigenvalue weighted by Crippen LogP contribution is 2.13. The Bertz CT molecular complexity index is 549. The Kier molecular flexibility index (Phi) is 4.88. The number of carbonyl (C=O) groups is 1. The predicted molar refractivity (Wildman–Crippen MR) is 82.3 cm³/mol. The van der Waals surface area contributed by atoms with Crippen LogP contribution in [0.2, 0.25) is 0 Å². The molecule has 3 nitrogen and oxygen atoms in total. The molecule has 2 aromatic rings. The number of ketones is 1. The van der Waals surface area contributed by atoms with Crippen LogP contribution in [0.15, 0.2) is 48.7 Å². The van der Waals surface area contributed by atoms with Gasteiger partial charge in [-0.2, -0.15) is 0 Å². The molecule has 0 aliphatic heterocycles. The third-order valence-corrected chi connectivity index (χ3v) is 3.37. The first-order valence-electron chi connectivity index (χ1n) is 6.95. The van der Waals surface area contributed by atoms with E-state index in [2.05, 4.69) is 34.1 Å². The quantitative estimate of drug-likeness (QED) is 0.753. The van der Waals surface area contributed by atoms with Gasteiger partial charge in [0, 0.05) is 20.0 Å². The van der Waals surface area contributed by atoms with Gasteiger partial charge in [-0.3, -0.25) is 9.78 Å². The van der Waals surface area contributed by atoms with Crippen LogP contribution in [0.1, 0.15) is 29.4 Å². The van der Waals surface area contributed by atoms with Crippen LogP contribution < -0.4 is 4.90 Å². The molecule has 2 rings (SSSR count). The summed E-state index contributed by atoms with van der Waals surface area (Å²) in [7, 11) is 2.04. The normalized spacial score (nSPS) is 10.3. The van der Waals surface area contributed by atoms with E-state index in [9.17, 15) is 4.79 Å². The van der Waals surface area contributed by atoms with E-state index in [0.717, 1.165) is 18.7 Å². The Morgan fingerprint density at radius 1 is 1.15 bits per heavy atom. The van der Waals surface area contributed by atoms with Gasteiger partial charge in [0.05, 0.1) is 11.9 Å². The second-order valence-electron chi connectivity index (χ2n) is 4.84. The van der Waals surface area contributed by atoms with Gasteiger partial charge < -0.3 is 4.90 Å². The third kappa shape index (κ3) is 3.67. The van der Waals surface area contributed by atoms with Gasteiger partial charge in [0.1, 0.15) is 5.69 Å². The van der Waals surface area contributed by atoms with Crippen molar-refractivity contribution in [3.8, 4) is 0 Å². The van der Waals surface area contributed by atoms with E-state index in [0.29, 0.717) is 12.1 Å². The summed E-state index contributed by atoms with van der Waals surface area (Å²) < 4.78 is 0. The predicted octanol–water partition coefficient (Wildman–Crippen LogP) is 3.35. The monoisotopic (exact) mass is 268 g/mol. The Morgan fingerprint density at radius 2 is 1.90 bits per heavy atom. The molecule has 0 atom stereocenters. The minimum atomic E-state index is 0.0866. The van der Waals surface area contributed by atoms with E-state index < -0.39 is 0 Å². The van der Waals surface area contributed by atoms with Crippen LogP contribution in [0, 0.1) is 0 Å². The molecule has 0 saturated heterocycles. The molecule has 0 fully saturated rings. The Labute approximate surface area is 120 Å². The average molecular weight is 268 g/mol. The van der Waals surface area contributed by atoms with Gasteiger partial charge >= 0.3 is 0 Å². The topological polar surface area (TPSA) is 33.2 Å². The molecule has 0 bridgehead atoms. The van der Waals surface area contributed by atoms with Crippen LogP contribution in [0.3, 0.4) is 0 Å². The minimum Gasteiger partial charge on any atom is -0.373 e. The van der Waals surface area contributed by atoms with Crippen LogP contribution in [-0.2, 0) is 6.42 Å². The summed E-state index contributed by atoms with van der Waals surface area (Å²) in [5, 5.41) is 0. The molecule has 0 radical (unpaired) electrons. The van der Waals surface area contributed by atoms with E-state index in [1.165, 1.54) is 5.56 Å². The van der Waals surface area contributed by atoms with E-state index in [-0.39, 0.29) is 5.78 Å². The van der Waals surface area contributed by atoms with Crippen LogP contribution in [-0.4, -0.2) is 24.4 Å². The average Bonchev–Trinajstić information content (AvgIpc) is 2.53. The highest BCUT2D eigenvalue weighted by Gasteiger charge is 2.06. The maximum absolute atomic E-state index is 11.5. The summed E-state index contributed by atoms with van der Waals surface area (Å²) in [4.78, 5) is 17.9. The smallest absolute Gasteiger partial charge is 0.180 e. The number of hydrogen-bond acceptors (Lipinski definition) is 3. The van der Waals surface area contributed by atoms with Gasteiger partial charge in [0.2, 0.25) is 0 Å². The van der Waals surface area contributed by atoms with Crippen molar-refractivity contribution >= 4 is 11.5 Å². The summed E-state index contributed by atoms with van der Waals surface area (Å²) in [6.45, 7) is 2.77. The standard InChI is InChI=1S/C17H20N2O/c1-3-17(20)16-10-9-15(13-18-16)19(2)12-11-14-7-5-4-6-8-14/h4-10,13H,3,11-12H2,1-2H3. The molecule has 0 spiro atoms. The zero-order valence-electron chi connectivity index (χ0n) is 12.0. The molecule has 0 amide bonds. The molecule has 1 aromatic carbocycles. The first-order valence-corrected chi connectivity index (χ1v) is 6.95. The molecule has 0 unspecified atom stereocenters. The summed E-state index contributed by atoms with van der Waals surface area (Å²) in [5.41, 5.74) is 2.91. The fraction of sp³-hybridized carbons (Fsp3) is 0.294. The van der Waals surface area contributed by atoms with Gasteiger partial charge in [-0.1, -0.05) is 37.3 Å². The van der Waals surface area contributed by atoms with Gasteiger partial charge in [-0.25, -0.2) is 0 Å². The Balaban J connectivity index is 1.95. The number of aromatic nitrogens is 1. The lowest BCUT2D eigenvalue weighted by Crippen LogP contribution is -2.20. The second kappa shape index (κ2) is 6.85. The molecular weight excluding hydrogens is 248 g/mol.